The lowest BCUT2D eigenvalue weighted by Crippen LogP contribution is -2.31. The maximum absolute atomic E-state index is 11.0. The minimum Gasteiger partial charge on any atom is -0.464 e. The third-order valence-electron chi connectivity index (χ3n) is 4.11. The van der Waals surface area contributed by atoms with Crippen LogP contribution in [0.1, 0.15) is 30.5 Å². The van der Waals surface area contributed by atoms with E-state index in [9.17, 15) is 9.59 Å². The molecule has 6 heteroatoms. The molecule has 0 amide bonds. The Hall–Kier alpha value is -3.15. The largest absolute Gasteiger partial charge is 0.464 e. The number of carbonyl (C=O) groups excluding carboxylic acids is 2. The first-order valence-corrected chi connectivity index (χ1v) is 9.16. The fourth-order valence-electron chi connectivity index (χ4n) is 2.62. The van der Waals surface area contributed by atoms with Gasteiger partial charge in [-0.2, -0.15) is 0 Å². The Morgan fingerprint density at radius 2 is 1.57 bits per heavy atom. The molecule has 1 heterocycles. The summed E-state index contributed by atoms with van der Waals surface area (Å²) >= 11 is 0. The quantitative estimate of drug-likeness (QED) is 0.619. The van der Waals surface area contributed by atoms with Crippen molar-refractivity contribution in [1.82, 2.24) is 4.98 Å². The maximum Gasteiger partial charge on any atom is 0.302 e. The van der Waals surface area contributed by atoms with Gasteiger partial charge in [-0.05, 0) is 41.8 Å². The van der Waals surface area contributed by atoms with Crippen LogP contribution in [-0.4, -0.2) is 43.2 Å². The van der Waals surface area contributed by atoms with Crippen LogP contribution in [0.5, 0.6) is 0 Å². The van der Waals surface area contributed by atoms with Gasteiger partial charge in [-0.25, -0.2) is 0 Å². The van der Waals surface area contributed by atoms with Crippen LogP contribution < -0.4 is 4.90 Å². The normalized spacial score (nSPS) is 10.7. The minimum atomic E-state index is -0.313. The summed E-state index contributed by atoms with van der Waals surface area (Å²) in [6.45, 7) is 6.39. The third kappa shape index (κ3) is 7.23. The molecular formula is C22H26N2O4. The zero-order valence-electron chi connectivity index (χ0n) is 16.6. The molecule has 28 heavy (non-hydrogen) atoms. The summed E-state index contributed by atoms with van der Waals surface area (Å²) in [5.41, 5.74) is 4.29. The number of aromatic nitrogens is 1. The first kappa shape index (κ1) is 21.2. The second kappa shape index (κ2) is 10.9. The third-order valence-corrected chi connectivity index (χ3v) is 4.11. The van der Waals surface area contributed by atoms with E-state index < -0.39 is 0 Å². The zero-order valence-corrected chi connectivity index (χ0v) is 16.6. The number of carbonyl (C=O) groups is 2. The molecule has 0 N–H and O–H groups in total. The number of rotatable bonds is 9. The number of pyridine rings is 1. The summed E-state index contributed by atoms with van der Waals surface area (Å²) in [6.07, 6.45) is 7.73. The Bertz CT molecular complexity index is 796. The monoisotopic (exact) mass is 382 g/mol. The van der Waals surface area contributed by atoms with Gasteiger partial charge in [-0.1, -0.05) is 24.3 Å². The van der Waals surface area contributed by atoms with Gasteiger partial charge < -0.3 is 14.4 Å². The Labute approximate surface area is 165 Å². The molecule has 2 rings (SSSR count). The molecule has 0 radical (unpaired) electrons. The maximum atomic E-state index is 11.0. The molecule has 0 aliphatic rings. The molecule has 0 aliphatic heterocycles. The van der Waals surface area contributed by atoms with Crippen LogP contribution in [0.4, 0.5) is 5.69 Å². The lowest BCUT2D eigenvalue weighted by Gasteiger charge is -2.24. The van der Waals surface area contributed by atoms with Crippen molar-refractivity contribution in [3.8, 4) is 0 Å². The fourth-order valence-corrected chi connectivity index (χ4v) is 2.62. The van der Waals surface area contributed by atoms with Crippen LogP contribution in [0.25, 0.3) is 12.2 Å². The van der Waals surface area contributed by atoms with Crippen molar-refractivity contribution in [2.24, 2.45) is 0 Å². The van der Waals surface area contributed by atoms with E-state index in [2.05, 4.69) is 11.1 Å². The topological polar surface area (TPSA) is 68.7 Å². The molecule has 0 saturated carbocycles. The minimum absolute atomic E-state index is 0.276. The Morgan fingerprint density at radius 1 is 0.964 bits per heavy atom. The lowest BCUT2D eigenvalue weighted by atomic mass is 10.1. The van der Waals surface area contributed by atoms with Crippen LogP contribution in [0.2, 0.25) is 0 Å². The SMILES string of the molecule is CC(=O)OCCN(CCOC(C)=O)c1ccc(/C=C/c2ccncc2C)cc1. The second-order valence-electron chi connectivity index (χ2n) is 6.32. The molecule has 0 unspecified atom stereocenters. The van der Waals surface area contributed by atoms with Crippen LogP contribution in [0.15, 0.2) is 42.7 Å². The zero-order chi connectivity index (χ0) is 20.4. The Balaban J connectivity index is 2.04. The van der Waals surface area contributed by atoms with Gasteiger partial charge >= 0.3 is 11.9 Å². The van der Waals surface area contributed by atoms with Crippen molar-refractivity contribution in [3.63, 3.8) is 0 Å². The summed E-state index contributed by atoms with van der Waals surface area (Å²) in [4.78, 5) is 28.1. The standard InChI is InChI=1S/C22H26N2O4/c1-17-16-23-11-10-21(17)7-4-20-5-8-22(9-6-20)24(12-14-27-18(2)25)13-15-28-19(3)26/h4-11,16H,12-15H2,1-3H3/b7-4+. The molecule has 2 aromatic rings. The van der Waals surface area contributed by atoms with Gasteiger partial charge in [0.05, 0.1) is 13.1 Å². The van der Waals surface area contributed by atoms with Gasteiger partial charge in [-0.3, -0.25) is 14.6 Å². The predicted molar refractivity (Wildman–Crippen MR) is 110 cm³/mol. The number of ether oxygens (including phenoxy) is 2. The number of nitrogens with zero attached hydrogens (tertiary/aromatic N) is 2. The molecular weight excluding hydrogens is 356 g/mol. The molecule has 1 aromatic heterocycles. The van der Waals surface area contributed by atoms with Gasteiger partial charge in [0.25, 0.3) is 0 Å². The number of aryl methyl sites for hydroxylation is 1. The summed E-state index contributed by atoms with van der Waals surface area (Å²) in [5, 5.41) is 0. The number of hydrogen-bond acceptors (Lipinski definition) is 6. The fraction of sp³-hybridized carbons (Fsp3) is 0.318. The van der Waals surface area contributed by atoms with E-state index in [1.165, 1.54) is 13.8 Å². The molecule has 0 spiro atoms. The van der Waals surface area contributed by atoms with Crippen LogP contribution in [0, 0.1) is 6.92 Å². The van der Waals surface area contributed by atoms with Crippen LogP contribution >= 0.6 is 0 Å². The first-order chi connectivity index (χ1) is 13.5. The van der Waals surface area contributed by atoms with Crippen molar-refractivity contribution < 1.29 is 19.1 Å². The molecule has 148 valence electrons. The van der Waals surface area contributed by atoms with E-state index in [0.29, 0.717) is 13.1 Å². The summed E-state index contributed by atoms with van der Waals surface area (Å²) in [6, 6.07) is 10.0. The van der Waals surface area contributed by atoms with Crippen LogP contribution in [0.3, 0.4) is 0 Å². The van der Waals surface area contributed by atoms with E-state index in [4.69, 9.17) is 9.47 Å². The van der Waals surface area contributed by atoms with Crippen molar-refractivity contribution in [2.75, 3.05) is 31.2 Å². The smallest absolute Gasteiger partial charge is 0.302 e. The highest BCUT2D eigenvalue weighted by Crippen LogP contribution is 2.17. The van der Waals surface area contributed by atoms with E-state index >= 15 is 0 Å². The molecule has 0 bridgehead atoms. The van der Waals surface area contributed by atoms with E-state index in [-0.39, 0.29) is 25.2 Å². The van der Waals surface area contributed by atoms with Crippen molar-refractivity contribution >= 4 is 29.8 Å². The highest BCUT2D eigenvalue weighted by Gasteiger charge is 2.08. The van der Waals surface area contributed by atoms with Crippen molar-refractivity contribution in [2.45, 2.75) is 20.8 Å². The van der Waals surface area contributed by atoms with Gasteiger partial charge in [0.15, 0.2) is 0 Å². The summed E-state index contributed by atoms with van der Waals surface area (Å²) in [7, 11) is 0. The molecule has 0 saturated heterocycles. The predicted octanol–water partition coefficient (Wildman–Crippen LogP) is 3.49. The van der Waals surface area contributed by atoms with E-state index in [1.807, 2.05) is 54.4 Å². The number of anilines is 1. The lowest BCUT2D eigenvalue weighted by molar-refractivity contribution is -0.141. The Morgan fingerprint density at radius 3 is 2.11 bits per heavy atom. The van der Waals surface area contributed by atoms with Gasteiger partial charge in [0.1, 0.15) is 13.2 Å². The van der Waals surface area contributed by atoms with E-state index in [1.54, 1.807) is 6.20 Å². The Kier molecular flexibility index (Phi) is 8.21. The second-order valence-corrected chi connectivity index (χ2v) is 6.32. The highest BCUT2D eigenvalue weighted by molar-refractivity contribution is 5.71. The molecule has 0 atom stereocenters. The summed E-state index contributed by atoms with van der Waals surface area (Å²) in [5.74, 6) is -0.626. The first-order valence-electron chi connectivity index (χ1n) is 9.16. The molecule has 0 aliphatic carbocycles. The number of benzene rings is 1. The average molecular weight is 382 g/mol. The summed E-state index contributed by atoms with van der Waals surface area (Å²) < 4.78 is 10.1. The van der Waals surface area contributed by atoms with E-state index in [0.717, 1.165) is 22.4 Å². The number of esters is 2. The van der Waals surface area contributed by atoms with Crippen molar-refractivity contribution in [1.29, 1.82) is 0 Å². The molecule has 0 fully saturated rings. The van der Waals surface area contributed by atoms with Crippen molar-refractivity contribution in [3.05, 3.63) is 59.4 Å². The average Bonchev–Trinajstić information content (AvgIpc) is 2.66. The number of hydrogen-bond donors (Lipinski definition) is 0. The van der Waals surface area contributed by atoms with Crippen LogP contribution in [-0.2, 0) is 19.1 Å². The molecule has 1 aromatic carbocycles. The van der Waals surface area contributed by atoms with Gasteiger partial charge in [0.2, 0.25) is 0 Å². The highest BCUT2D eigenvalue weighted by atomic mass is 16.5. The van der Waals surface area contributed by atoms with Gasteiger partial charge in [0, 0.05) is 31.9 Å². The molecule has 6 nitrogen and oxygen atoms in total. The van der Waals surface area contributed by atoms with Gasteiger partial charge in [-0.15, -0.1) is 0 Å².